The highest BCUT2D eigenvalue weighted by Gasteiger charge is 2.32. The van der Waals surface area contributed by atoms with Crippen molar-refractivity contribution in [3.8, 4) is 0 Å². The molecule has 116 valence electrons. The minimum atomic E-state index is -4.20. The van der Waals surface area contributed by atoms with Crippen LogP contribution in [-0.4, -0.2) is 54.9 Å². The molecule has 2 rings (SSSR count). The summed E-state index contributed by atoms with van der Waals surface area (Å²) < 4.78 is 37.1. The molecule has 0 amide bonds. The summed E-state index contributed by atoms with van der Waals surface area (Å²) in [6.07, 6.45) is -4.20. The van der Waals surface area contributed by atoms with E-state index in [1.165, 1.54) is 11.0 Å². The fourth-order valence-electron chi connectivity index (χ4n) is 2.48. The van der Waals surface area contributed by atoms with E-state index in [9.17, 15) is 23.1 Å². The average Bonchev–Trinajstić information content (AvgIpc) is 2.37. The van der Waals surface area contributed by atoms with Crippen molar-refractivity contribution >= 4 is 11.7 Å². The molecule has 0 radical (unpaired) electrons. The summed E-state index contributed by atoms with van der Waals surface area (Å²) >= 11 is 0. The molecule has 1 aliphatic heterocycles. The van der Waals surface area contributed by atoms with Gasteiger partial charge in [0.25, 0.3) is 0 Å². The van der Waals surface area contributed by atoms with E-state index in [1.807, 2.05) is 11.8 Å². The largest absolute Gasteiger partial charge is 0.478 e. The van der Waals surface area contributed by atoms with Crippen molar-refractivity contribution in [2.24, 2.45) is 0 Å². The summed E-state index contributed by atoms with van der Waals surface area (Å²) in [5.74, 6) is -1.03. The Kier molecular flexibility index (Phi) is 4.41. The number of hydrogen-bond donors (Lipinski definition) is 1. The molecule has 0 aliphatic carbocycles. The Bertz CT molecular complexity index is 523. The number of carboxylic acid groups (broad SMARTS) is 1. The van der Waals surface area contributed by atoms with E-state index < -0.39 is 18.7 Å². The summed E-state index contributed by atoms with van der Waals surface area (Å²) in [7, 11) is 0. The van der Waals surface area contributed by atoms with Crippen molar-refractivity contribution < 1.29 is 23.1 Å². The van der Waals surface area contributed by atoms with E-state index in [2.05, 4.69) is 0 Å². The Morgan fingerprint density at radius 3 is 2.38 bits per heavy atom. The number of halogens is 3. The smallest absolute Gasteiger partial charge is 0.401 e. The van der Waals surface area contributed by atoms with Crippen LogP contribution in [0.5, 0.6) is 0 Å². The first-order valence-corrected chi connectivity index (χ1v) is 6.64. The van der Waals surface area contributed by atoms with Gasteiger partial charge in [-0.25, -0.2) is 4.79 Å². The van der Waals surface area contributed by atoms with Crippen LogP contribution in [0.2, 0.25) is 0 Å². The number of benzene rings is 1. The highest BCUT2D eigenvalue weighted by atomic mass is 19.4. The maximum absolute atomic E-state index is 12.4. The van der Waals surface area contributed by atoms with E-state index in [0.717, 1.165) is 5.56 Å². The molecule has 1 aromatic rings. The molecule has 1 fully saturated rings. The van der Waals surface area contributed by atoms with Crippen LogP contribution in [-0.2, 0) is 0 Å². The molecule has 21 heavy (non-hydrogen) atoms. The second-order valence-corrected chi connectivity index (χ2v) is 5.20. The molecule has 0 aromatic heterocycles. The van der Waals surface area contributed by atoms with Gasteiger partial charge in [0.15, 0.2) is 0 Å². The zero-order valence-electron chi connectivity index (χ0n) is 11.7. The van der Waals surface area contributed by atoms with Gasteiger partial charge in [-0.2, -0.15) is 13.2 Å². The zero-order chi connectivity index (χ0) is 15.6. The van der Waals surface area contributed by atoms with Crippen LogP contribution in [0, 0.1) is 6.92 Å². The number of piperazine rings is 1. The highest BCUT2D eigenvalue weighted by molar-refractivity contribution is 5.94. The molecule has 4 nitrogen and oxygen atoms in total. The number of rotatable bonds is 3. The minimum Gasteiger partial charge on any atom is -0.478 e. The topological polar surface area (TPSA) is 43.8 Å². The number of aryl methyl sites for hydroxylation is 1. The van der Waals surface area contributed by atoms with Crippen molar-refractivity contribution in [2.45, 2.75) is 13.1 Å². The van der Waals surface area contributed by atoms with Gasteiger partial charge in [-0.15, -0.1) is 0 Å². The number of hydrogen-bond acceptors (Lipinski definition) is 3. The Labute approximate surface area is 120 Å². The summed E-state index contributed by atoms with van der Waals surface area (Å²) in [6.45, 7) is 2.26. The average molecular weight is 302 g/mol. The standard InChI is InChI=1S/C14H17F3N2O2/c1-10-2-3-11(13(20)21)12(8-10)19-6-4-18(5-7-19)9-14(15,16)17/h2-3,8H,4-7,9H2,1H3,(H,20,21). The maximum Gasteiger partial charge on any atom is 0.401 e. The lowest BCUT2D eigenvalue weighted by Crippen LogP contribution is -2.49. The Morgan fingerprint density at radius 1 is 1.24 bits per heavy atom. The number of anilines is 1. The van der Waals surface area contributed by atoms with Gasteiger partial charge in [-0.3, -0.25) is 4.90 Å². The first-order valence-electron chi connectivity index (χ1n) is 6.64. The van der Waals surface area contributed by atoms with Crippen LogP contribution < -0.4 is 4.90 Å². The minimum absolute atomic E-state index is 0.185. The number of aromatic carboxylic acids is 1. The van der Waals surface area contributed by atoms with E-state index in [4.69, 9.17) is 0 Å². The SMILES string of the molecule is Cc1ccc(C(=O)O)c(N2CCN(CC(F)(F)F)CC2)c1. The van der Waals surface area contributed by atoms with Crippen molar-refractivity contribution in [2.75, 3.05) is 37.6 Å². The fourth-order valence-corrected chi connectivity index (χ4v) is 2.48. The van der Waals surface area contributed by atoms with E-state index >= 15 is 0 Å². The third-order valence-corrected chi connectivity index (χ3v) is 3.50. The predicted molar refractivity (Wildman–Crippen MR) is 72.8 cm³/mol. The Hall–Kier alpha value is -1.76. The van der Waals surface area contributed by atoms with Gasteiger partial charge in [-0.1, -0.05) is 6.07 Å². The third-order valence-electron chi connectivity index (χ3n) is 3.50. The lowest BCUT2D eigenvalue weighted by Gasteiger charge is -2.37. The van der Waals surface area contributed by atoms with Crippen molar-refractivity contribution in [1.29, 1.82) is 0 Å². The molecule has 0 unspecified atom stereocenters. The van der Waals surface area contributed by atoms with Gasteiger partial charge in [0.1, 0.15) is 0 Å². The summed E-state index contributed by atoms with van der Waals surface area (Å²) in [6, 6.07) is 5.02. The van der Waals surface area contributed by atoms with Gasteiger partial charge >= 0.3 is 12.1 Å². The van der Waals surface area contributed by atoms with Crippen molar-refractivity contribution in [3.63, 3.8) is 0 Å². The zero-order valence-corrected chi connectivity index (χ0v) is 11.7. The Balaban J connectivity index is 2.09. The molecule has 0 atom stereocenters. The van der Waals surface area contributed by atoms with Crippen LogP contribution in [0.4, 0.5) is 18.9 Å². The normalized spacial score (nSPS) is 17.0. The quantitative estimate of drug-likeness (QED) is 0.931. The third kappa shape index (κ3) is 4.10. The molecule has 7 heteroatoms. The number of carbonyl (C=O) groups is 1. The van der Waals surface area contributed by atoms with Crippen LogP contribution in [0.25, 0.3) is 0 Å². The van der Waals surface area contributed by atoms with E-state index in [-0.39, 0.29) is 18.7 Å². The summed E-state index contributed by atoms with van der Waals surface area (Å²) in [4.78, 5) is 14.4. The fraction of sp³-hybridized carbons (Fsp3) is 0.500. The Morgan fingerprint density at radius 2 is 1.86 bits per heavy atom. The van der Waals surface area contributed by atoms with Crippen LogP contribution in [0.1, 0.15) is 15.9 Å². The first kappa shape index (κ1) is 15.6. The van der Waals surface area contributed by atoms with E-state index in [1.54, 1.807) is 12.1 Å². The first-order chi connectivity index (χ1) is 9.76. The molecular formula is C14H17F3N2O2. The predicted octanol–water partition coefficient (Wildman–Crippen LogP) is 2.38. The molecule has 1 aromatic carbocycles. The number of alkyl halides is 3. The van der Waals surface area contributed by atoms with Crippen LogP contribution in [0.15, 0.2) is 18.2 Å². The summed E-state index contributed by atoms with van der Waals surface area (Å²) in [5.41, 5.74) is 1.69. The van der Waals surface area contributed by atoms with Crippen LogP contribution >= 0.6 is 0 Å². The maximum atomic E-state index is 12.4. The van der Waals surface area contributed by atoms with Crippen LogP contribution in [0.3, 0.4) is 0 Å². The molecular weight excluding hydrogens is 285 g/mol. The molecule has 0 spiro atoms. The van der Waals surface area contributed by atoms with Gasteiger partial charge in [-0.05, 0) is 24.6 Å². The molecule has 1 saturated heterocycles. The molecule has 0 saturated carbocycles. The van der Waals surface area contributed by atoms with E-state index in [0.29, 0.717) is 18.8 Å². The summed E-state index contributed by atoms with van der Waals surface area (Å²) in [5, 5.41) is 9.21. The van der Waals surface area contributed by atoms with Crippen molar-refractivity contribution in [1.82, 2.24) is 4.90 Å². The lowest BCUT2D eigenvalue weighted by atomic mass is 10.1. The molecule has 1 heterocycles. The van der Waals surface area contributed by atoms with Gasteiger partial charge in [0, 0.05) is 26.2 Å². The van der Waals surface area contributed by atoms with Gasteiger partial charge in [0.05, 0.1) is 17.8 Å². The van der Waals surface area contributed by atoms with Crippen molar-refractivity contribution in [3.05, 3.63) is 29.3 Å². The van der Waals surface area contributed by atoms with Gasteiger partial charge in [0.2, 0.25) is 0 Å². The molecule has 1 aliphatic rings. The lowest BCUT2D eigenvalue weighted by molar-refractivity contribution is -0.146. The second-order valence-electron chi connectivity index (χ2n) is 5.20. The highest BCUT2D eigenvalue weighted by Crippen LogP contribution is 2.25. The molecule has 1 N–H and O–H groups in total. The number of carboxylic acids is 1. The second kappa shape index (κ2) is 5.93. The number of nitrogens with zero attached hydrogens (tertiary/aromatic N) is 2. The van der Waals surface area contributed by atoms with Gasteiger partial charge < -0.3 is 10.0 Å². The monoisotopic (exact) mass is 302 g/mol. The molecule has 0 bridgehead atoms.